The summed E-state index contributed by atoms with van der Waals surface area (Å²) in [5, 5.41) is 2.08. The van der Waals surface area contributed by atoms with Gasteiger partial charge in [0.15, 0.2) is 11.5 Å². The highest BCUT2D eigenvalue weighted by molar-refractivity contribution is 7.10. The van der Waals surface area contributed by atoms with Crippen molar-refractivity contribution in [1.82, 2.24) is 4.90 Å². The third-order valence-corrected chi connectivity index (χ3v) is 7.05. The van der Waals surface area contributed by atoms with Crippen molar-refractivity contribution < 1.29 is 14.3 Å². The summed E-state index contributed by atoms with van der Waals surface area (Å²) in [6.07, 6.45) is 1.65. The fraction of sp³-hybridized carbons (Fsp3) is 0.292. The molecule has 3 aromatic rings. The molecule has 5 rings (SSSR count). The second kappa shape index (κ2) is 7.23. The van der Waals surface area contributed by atoms with Crippen LogP contribution >= 0.6 is 11.3 Å². The van der Waals surface area contributed by atoms with Gasteiger partial charge in [-0.3, -0.25) is 4.79 Å². The van der Waals surface area contributed by atoms with E-state index in [1.165, 1.54) is 21.6 Å². The first-order valence-electron chi connectivity index (χ1n) is 9.87. The van der Waals surface area contributed by atoms with Gasteiger partial charge in [-0.15, -0.1) is 11.3 Å². The predicted molar refractivity (Wildman–Crippen MR) is 114 cm³/mol. The SMILES string of the molecule is COc1cc2c(cc1OC)[C@H](c1cccs1)N(C(=O)[C@@H]1Cc3ccccc31)CC2. The molecule has 2 heterocycles. The summed E-state index contributed by atoms with van der Waals surface area (Å²) in [5.41, 5.74) is 4.83. The Morgan fingerprint density at radius 1 is 1.00 bits per heavy atom. The van der Waals surface area contributed by atoms with E-state index in [9.17, 15) is 4.79 Å². The first-order chi connectivity index (χ1) is 14.2. The monoisotopic (exact) mass is 405 g/mol. The van der Waals surface area contributed by atoms with E-state index >= 15 is 0 Å². The van der Waals surface area contributed by atoms with E-state index in [1.54, 1.807) is 25.6 Å². The van der Waals surface area contributed by atoms with Crippen molar-refractivity contribution in [2.75, 3.05) is 20.8 Å². The predicted octanol–water partition coefficient (Wildman–Crippen LogP) is 4.58. The van der Waals surface area contributed by atoms with Crippen LogP contribution in [0.5, 0.6) is 11.5 Å². The zero-order valence-electron chi connectivity index (χ0n) is 16.6. The number of ether oxygens (including phenoxy) is 2. The lowest BCUT2D eigenvalue weighted by atomic mass is 9.76. The number of amides is 1. The van der Waals surface area contributed by atoms with Crippen molar-refractivity contribution in [3.63, 3.8) is 0 Å². The number of hydrogen-bond donors (Lipinski definition) is 0. The van der Waals surface area contributed by atoms with Crippen LogP contribution in [0.25, 0.3) is 0 Å². The summed E-state index contributed by atoms with van der Waals surface area (Å²) in [6.45, 7) is 0.711. The van der Waals surface area contributed by atoms with Gasteiger partial charge in [0.1, 0.15) is 0 Å². The van der Waals surface area contributed by atoms with Gasteiger partial charge in [-0.25, -0.2) is 0 Å². The molecule has 0 bridgehead atoms. The Kier molecular flexibility index (Phi) is 4.55. The molecule has 148 valence electrons. The molecule has 0 spiro atoms. The fourth-order valence-corrected chi connectivity index (χ4v) is 5.47. The van der Waals surface area contributed by atoms with Crippen LogP contribution in [0.4, 0.5) is 0 Å². The molecule has 2 atom stereocenters. The highest BCUT2D eigenvalue weighted by atomic mass is 32.1. The van der Waals surface area contributed by atoms with E-state index in [1.807, 2.05) is 18.2 Å². The zero-order valence-corrected chi connectivity index (χ0v) is 17.4. The minimum absolute atomic E-state index is 0.0321. The molecule has 1 aromatic heterocycles. The van der Waals surface area contributed by atoms with Gasteiger partial charge in [-0.05, 0) is 58.7 Å². The van der Waals surface area contributed by atoms with Gasteiger partial charge in [0.25, 0.3) is 0 Å². The molecule has 1 aliphatic heterocycles. The van der Waals surface area contributed by atoms with E-state index in [4.69, 9.17) is 9.47 Å². The van der Waals surface area contributed by atoms with Gasteiger partial charge in [-0.1, -0.05) is 30.3 Å². The van der Waals surface area contributed by atoms with E-state index in [0.29, 0.717) is 12.3 Å². The van der Waals surface area contributed by atoms with Crippen LogP contribution in [0, 0.1) is 0 Å². The highest BCUT2D eigenvalue weighted by Gasteiger charge is 2.40. The highest BCUT2D eigenvalue weighted by Crippen LogP contribution is 2.45. The van der Waals surface area contributed by atoms with Crippen LogP contribution in [-0.4, -0.2) is 31.6 Å². The van der Waals surface area contributed by atoms with Crippen LogP contribution in [-0.2, 0) is 17.6 Å². The second-order valence-corrected chi connectivity index (χ2v) is 8.54. The number of methoxy groups -OCH3 is 2. The van der Waals surface area contributed by atoms with Crippen LogP contribution in [0.3, 0.4) is 0 Å². The van der Waals surface area contributed by atoms with Crippen molar-refractivity contribution in [1.29, 1.82) is 0 Å². The van der Waals surface area contributed by atoms with Crippen molar-refractivity contribution in [3.05, 3.63) is 81.0 Å². The van der Waals surface area contributed by atoms with Gasteiger partial charge < -0.3 is 14.4 Å². The summed E-state index contributed by atoms with van der Waals surface area (Å²) in [4.78, 5) is 16.9. The molecule has 2 aliphatic rings. The molecule has 2 aromatic carbocycles. The number of rotatable bonds is 4. The maximum absolute atomic E-state index is 13.6. The number of carbonyl (C=O) groups excluding carboxylic acids is 1. The van der Waals surface area contributed by atoms with Gasteiger partial charge in [0, 0.05) is 11.4 Å². The quantitative estimate of drug-likeness (QED) is 0.638. The molecule has 0 saturated carbocycles. The topological polar surface area (TPSA) is 38.8 Å². The molecule has 1 amide bonds. The molecular weight excluding hydrogens is 382 g/mol. The van der Waals surface area contributed by atoms with E-state index < -0.39 is 0 Å². The van der Waals surface area contributed by atoms with Crippen LogP contribution in [0.1, 0.15) is 39.1 Å². The van der Waals surface area contributed by atoms with Crippen molar-refractivity contribution in [2.45, 2.75) is 24.8 Å². The van der Waals surface area contributed by atoms with Crippen molar-refractivity contribution >= 4 is 17.2 Å². The van der Waals surface area contributed by atoms with Gasteiger partial charge >= 0.3 is 0 Å². The van der Waals surface area contributed by atoms with Gasteiger partial charge in [-0.2, -0.15) is 0 Å². The van der Waals surface area contributed by atoms with Crippen LogP contribution < -0.4 is 9.47 Å². The summed E-state index contributed by atoms with van der Waals surface area (Å²) >= 11 is 1.69. The van der Waals surface area contributed by atoms with E-state index in [-0.39, 0.29) is 17.9 Å². The number of nitrogens with zero attached hydrogens (tertiary/aromatic N) is 1. The van der Waals surface area contributed by atoms with Gasteiger partial charge in [0.05, 0.1) is 26.2 Å². The standard InChI is InChI=1S/C24H23NO3S/c1-27-20-13-16-9-10-25(24(26)19-12-15-6-3-4-7-17(15)19)23(22-8-5-11-29-22)18(16)14-21(20)28-2/h3-8,11,13-14,19,23H,9-10,12H2,1-2H3/t19-,23-/m1/s1. The number of thiophene rings is 1. The van der Waals surface area contributed by atoms with Gasteiger partial charge in [0.2, 0.25) is 5.91 Å². The van der Waals surface area contributed by atoms with E-state index in [0.717, 1.165) is 24.2 Å². The molecule has 0 N–H and O–H groups in total. The molecule has 4 nitrogen and oxygen atoms in total. The maximum Gasteiger partial charge on any atom is 0.231 e. The number of benzene rings is 2. The smallest absolute Gasteiger partial charge is 0.231 e. The van der Waals surface area contributed by atoms with Crippen molar-refractivity contribution in [2.24, 2.45) is 0 Å². The second-order valence-electron chi connectivity index (χ2n) is 7.56. The molecule has 29 heavy (non-hydrogen) atoms. The summed E-state index contributed by atoms with van der Waals surface area (Å²) < 4.78 is 11.1. The molecular formula is C24H23NO3S. The van der Waals surface area contributed by atoms with Crippen LogP contribution in [0.15, 0.2) is 53.9 Å². The first-order valence-corrected chi connectivity index (χ1v) is 10.8. The molecule has 5 heteroatoms. The average Bonchev–Trinajstić information content (AvgIpc) is 3.27. The Hall–Kier alpha value is -2.79. The third-order valence-electron chi connectivity index (χ3n) is 6.12. The maximum atomic E-state index is 13.6. The van der Waals surface area contributed by atoms with E-state index in [2.05, 4.69) is 40.6 Å². The fourth-order valence-electron chi connectivity index (χ4n) is 4.62. The number of hydrogen-bond acceptors (Lipinski definition) is 4. The third kappa shape index (κ3) is 2.92. The Bertz CT molecular complexity index is 1060. The lowest BCUT2D eigenvalue weighted by molar-refractivity contribution is -0.135. The Morgan fingerprint density at radius 3 is 2.52 bits per heavy atom. The summed E-state index contributed by atoms with van der Waals surface area (Å²) in [6, 6.07) is 16.5. The average molecular weight is 406 g/mol. The molecule has 0 saturated heterocycles. The lowest BCUT2D eigenvalue weighted by Gasteiger charge is -2.41. The zero-order chi connectivity index (χ0) is 20.0. The van der Waals surface area contributed by atoms with Crippen LogP contribution in [0.2, 0.25) is 0 Å². The van der Waals surface area contributed by atoms with Crippen molar-refractivity contribution in [3.8, 4) is 11.5 Å². The minimum Gasteiger partial charge on any atom is -0.493 e. The normalized spacial score (nSPS) is 19.7. The summed E-state index contributed by atoms with van der Waals surface area (Å²) in [5.74, 6) is 1.64. The molecule has 1 aliphatic carbocycles. The Balaban J connectivity index is 1.56. The Morgan fingerprint density at radius 2 is 1.79 bits per heavy atom. The largest absolute Gasteiger partial charge is 0.493 e. The minimum atomic E-state index is -0.0844. The molecule has 0 fully saturated rings. The molecule has 0 unspecified atom stereocenters. The number of carbonyl (C=O) groups is 1. The number of fused-ring (bicyclic) bond motifs is 2. The first kappa shape index (κ1) is 18.3. The Labute approximate surface area is 174 Å². The molecule has 0 radical (unpaired) electrons. The summed E-state index contributed by atoms with van der Waals surface area (Å²) in [7, 11) is 3.31. The lowest BCUT2D eigenvalue weighted by Crippen LogP contribution is -2.45.